The summed E-state index contributed by atoms with van der Waals surface area (Å²) < 4.78 is 8.04. The highest BCUT2D eigenvalue weighted by Gasteiger charge is 2.23. The van der Waals surface area contributed by atoms with Crippen LogP contribution >= 0.6 is 59.6 Å². The molecule has 0 aliphatic carbocycles. The van der Waals surface area contributed by atoms with Gasteiger partial charge in [-0.1, -0.05) is 34.1 Å². The highest BCUT2D eigenvalue weighted by Crippen LogP contribution is 2.39. The molecule has 1 atom stereocenters. The predicted octanol–water partition coefficient (Wildman–Crippen LogP) is 6.20. The lowest BCUT2D eigenvalue weighted by Gasteiger charge is -2.14. The van der Waals surface area contributed by atoms with E-state index >= 15 is 0 Å². The first kappa shape index (κ1) is 15.9. The molecule has 0 bridgehead atoms. The summed E-state index contributed by atoms with van der Waals surface area (Å²) in [6, 6.07) is 12.8. The molecule has 1 aliphatic heterocycles. The number of ether oxygens (including phenoxy) is 1. The number of hydrogen-bond donors (Lipinski definition) is 0. The minimum Gasteiger partial charge on any atom is -0.490 e. The largest absolute Gasteiger partial charge is 0.490 e. The van der Waals surface area contributed by atoms with Crippen molar-refractivity contribution in [2.75, 3.05) is 6.61 Å². The van der Waals surface area contributed by atoms with Crippen molar-refractivity contribution in [3.05, 3.63) is 56.5 Å². The SMILES string of the molecule is BrCc1cc(Br)c(OCC2Cc3ccccc3S2)c(Br)c1. The lowest BCUT2D eigenvalue weighted by atomic mass is 10.1. The highest BCUT2D eigenvalue weighted by atomic mass is 79.9. The molecule has 0 radical (unpaired) electrons. The van der Waals surface area contributed by atoms with Gasteiger partial charge in [-0.2, -0.15) is 0 Å². The highest BCUT2D eigenvalue weighted by molar-refractivity contribution is 9.11. The van der Waals surface area contributed by atoms with Crippen LogP contribution in [0.25, 0.3) is 0 Å². The van der Waals surface area contributed by atoms with Crippen LogP contribution < -0.4 is 4.74 Å². The van der Waals surface area contributed by atoms with Crippen LogP contribution in [-0.4, -0.2) is 11.9 Å². The van der Waals surface area contributed by atoms with Crippen LogP contribution in [0.15, 0.2) is 50.2 Å². The lowest BCUT2D eigenvalue weighted by molar-refractivity contribution is 0.313. The minimum atomic E-state index is 0.483. The van der Waals surface area contributed by atoms with Crippen molar-refractivity contribution in [2.24, 2.45) is 0 Å². The van der Waals surface area contributed by atoms with Crippen LogP contribution in [0, 0.1) is 0 Å². The fraction of sp³-hybridized carbons (Fsp3) is 0.250. The first-order valence-corrected chi connectivity index (χ1v) is 10.2. The van der Waals surface area contributed by atoms with Crippen LogP contribution in [0.3, 0.4) is 0 Å². The summed E-state index contributed by atoms with van der Waals surface area (Å²) >= 11 is 12.6. The van der Waals surface area contributed by atoms with E-state index in [-0.39, 0.29) is 0 Å². The van der Waals surface area contributed by atoms with Crippen LogP contribution in [0.1, 0.15) is 11.1 Å². The van der Waals surface area contributed by atoms with Crippen molar-refractivity contribution in [3.63, 3.8) is 0 Å². The van der Waals surface area contributed by atoms with Crippen LogP contribution in [0.4, 0.5) is 0 Å². The molecule has 0 aromatic heterocycles. The van der Waals surface area contributed by atoms with Crippen molar-refractivity contribution in [2.45, 2.75) is 21.9 Å². The number of alkyl halides is 1. The molecule has 21 heavy (non-hydrogen) atoms. The fourth-order valence-corrected chi connectivity index (χ4v) is 5.40. The third-order valence-corrected chi connectivity index (χ3v) is 6.45. The zero-order valence-electron chi connectivity index (χ0n) is 11.1. The first-order valence-electron chi connectivity index (χ1n) is 6.58. The molecule has 3 rings (SSSR count). The second-order valence-corrected chi connectivity index (χ2v) is 8.50. The molecule has 0 amide bonds. The van der Waals surface area contributed by atoms with E-state index in [9.17, 15) is 0 Å². The first-order chi connectivity index (χ1) is 10.2. The van der Waals surface area contributed by atoms with E-state index in [0.29, 0.717) is 11.9 Å². The zero-order chi connectivity index (χ0) is 14.8. The Labute approximate surface area is 154 Å². The second kappa shape index (κ2) is 7.07. The Morgan fingerprint density at radius 1 is 1.14 bits per heavy atom. The van der Waals surface area contributed by atoms with Gasteiger partial charge in [0, 0.05) is 15.5 Å². The molecular formula is C16H13Br3OS. The average molecular weight is 493 g/mol. The van der Waals surface area contributed by atoms with Gasteiger partial charge >= 0.3 is 0 Å². The van der Waals surface area contributed by atoms with Crippen molar-refractivity contribution >= 4 is 59.6 Å². The molecule has 0 saturated heterocycles. The summed E-state index contributed by atoms with van der Waals surface area (Å²) in [4.78, 5) is 1.39. The molecule has 1 nitrogen and oxygen atoms in total. The van der Waals surface area contributed by atoms with Crippen molar-refractivity contribution in [1.29, 1.82) is 0 Å². The summed E-state index contributed by atoms with van der Waals surface area (Å²) in [6.07, 6.45) is 1.08. The summed E-state index contributed by atoms with van der Waals surface area (Å²) in [6.45, 7) is 0.713. The molecule has 0 fully saturated rings. The maximum atomic E-state index is 6.05. The number of halogens is 3. The maximum Gasteiger partial charge on any atom is 0.147 e. The Bertz CT molecular complexity index is 612. The van der Waals surface area contributed by atoms with E-state index in [2.05, 4.69) is 84.2 Å². The number of rotatable bonds is 4. The quantitative estimate of drug-likeness (QED) is 0.470. The van der Waals surface area contributed by atoms with E-state index in [1.165, 1.54) is 16.0 Å². The Kier molecular flexibility index (Phi) is 5.36. The number of fused-ring (bicyclic) bond motifs is 1. The number of thioether (sulfide) groups is 1. The smallest absolute Gasteiger partial charge is 0.147 e. The van der Waals surface area contributed by atoms with Crippen molar-refractivity contribution in [1.82, 2.24) is 0 Å². The average Bonchev–Trinajstić information content (AvgIpc) is 2.88. The summed E-state index contributed by atoms with van der Waals surface area (Å²) in [5, 5.41) is 1.31. The van der Waals surface area contributed by atoms with Crippen LogP contribution in [-0.2, 0) is 11.8 Å². The zero-order valence-corrected chi connectivity index (χ0v) is 16.7. The minimum absolute atomic E-state index is 0.483. The summed E-state index contributed by atoms with van der Waals surface area (Å²) in [5.74, 6) is 0.885. The number of benzene rings is 2. The lowest BCUT2D eigenvalue weighted by Crippen LogP contribution is -2.14. The molecule has 2 aromatic carbocycles. The molecule has 0 N–H and O–H groups in total. The molecule has 5 heteroatoms. The third kappa shape index (κ3) is 3.69. The second-order valence-electron chi connectivity index (χ2n) is 4.88. The maximum absolute atomic E-state index is 6.05. The van der Waals surface area contributed by atoms with E-state index < -0.39 is 0 Å². The molecule has 0 spiro atoms. The molecule has 1 aliphatic rings. The van der Waals surface area contributed by atoms with Gasteiger partial charge < -0.3 is 4.74 Å². The summed E-state index contributed by atoms with van der Waals surface area (Å²) in [7, 11) is 0. The number of hydrogen-bond acceptors (Lipinski definition) is 2. The Balaban J connectivity index is 1.67. The van der Waals surface area contributed by atoms with E-state index in [4.69, 9.17) is 4.74 Å². The Morgan fingerprint density at radius 3 is 2.52 bits per heavy atom. The molecule has 0 saturated carbocycles. The third-order valence-electron chi connectivity index (χ3n) is 3.34. The normalized spacial score (nSPS) is 16.8. The molecule has 1 unspecified atom stereocenters. The van der Waals surface area contributed by atoms with Gasteiger partial charge in [0.25, 0.3) is 0 Å². The van der Waals surface area contributed by atoms with E-state index in [1.807, 2.05) is 11.8 Å². The van der Waals surface area contributed by atoms with Crippen LogP contribution in [0.5, 0.6) is 5.75 Å². The molecule has 1 heterocycles. The van der Waals surface area contributed by atoms with Gasteiger partial charge in [0.15, 0.2) is 0 Å². The van der Waals surface area contributed by atoms with Crippen molar-refractivity contribution < 1.29 is 4.74 Å². The van der Waals surface area contributed by atoms with Crippen LogP contribution in [0.2, 0.25) is 0 Å². The fourth-order valence-electron chi connectivity index (χ4n) is 2.35. The van der Waals surface area contributed by atoms with Gasteiger partial charge in [-0.15, -0.1) is 11.8 Å². The van der Waals surface area contributed by atoms with Crippen molar-refractivity contribution in [3.8, 4) is 5.75 Å². The monoisotopic (exact) mass is 490 g/mol. The molecular weight excluding hydrogens is 480 g/mol. The summed E-state index contributed by atoms with van der Waals surface area (Å²) in [5.41, 5.74) is 2.65. The molecule has 2 aromatic rings. The standard InChI is InChI=1S/C16H13Br3OS/c17-8-10-5-13(18)16(14(19)6-10)20-9-12-7-11-3-1-2-4-15(11)21-12/h1-6,12H,7-9H2. The Hall–Kier alpha value is 0.0300. The van der Waals surface area contributed by atoms with Gasteiger partial charge in [-0.3, -0.25) is 0 Å². The van der Waals surface area contributed by atoms with Gasteiger partial charge in [0.2, 0.25) is 0 Å². The van der Waals surface area contributed by atoms with E-state index in [0.717, 1.165) is 26.4 Å². The van der Waals surface area contributed by atoms with Gasteiger partial charge in [-0.05, 0) is 67.6 Å². The van der Waals surface area contributed by atoms with Gasteiger partial charge in [0.05, 0.1) is 8.95 Å². The van der Waals surface area contributed by atoms with Gasteiger partial charge in [0.1, 0.15) is 12.4 Å². The van der Waals surface area contributed by atoms with Gasteiger partial charge in [-0.25, -0.2) is 0 Å². The molecule has 110 valence electrons. The topological polar surface area (TPSA) is 9.23 Å². The van der Waals surface area contributed by atoms with E-state index in [1.54, 1.807) is 0 Å². The Morgan fingerprint density at radius 2 is 1.86 bits per heavy atom. The predicted molar refractivity (Wildman–Crippen MR) is 99.8 cm³/mol.